The molecule has 2 aromatic rings. The highest BCUT2D eigenvalue weighted by Crippen LogP contribution is 2.27. The predicted molar refractivity (Wildman–Crippen MR) is 86.6 cm³/mol. The molecule has 0 unspecified atom stereocenters. The van der Waals surface area contributed by atoms with E-state index in [-0.39, 0.29) is 11.6 Å². The summed E-state index contributed by atoms with van der Waals surface area (Å²) in [7, 11) is 0. The lowest BCUT2D eigenvalue weighted by atomic mass is 10.2. The fraction of sp³-hybridized carbons (Fsp3) is 0. The van der Waals surface area contributed by atoms with Gasteiger partial charge in [0.25, 0.3) is 11.8 Å². The second kappa shape index (κ2) is 6.03. The Morgan fingerprint density at radius 3 is 2.57 bits per heavy atom. The van der Waals surface area contributed by atoms with E-state index in [2.05, 4.69) is 16.0 Å². The summed E-state index contributed by atoms with van der Waals surface area (Å²) in [5.41, 5.74) is 2.47. The SMILES string of the molecule is N#Cc1cccc(NC(=O)/C=C2\Nc3ccccc3NC2=O)c1. The van der Waals surface area contributed by atoms with Crippen molar-refractivity contribution in [2.75, 3.05) is 16.0 Å². The minimum absolute atomic E-state index is 0.151. The molecule has 2 aromatic carbocycles. The molecule has 0 aromatic heterocycles. The van der Waals surface area contributed by atoms with E-state index in [4.69, 9.17) is 5.26 Å². The standard InChI is InChI=1S/C17H12N4O2/c18-10-11-4-3-5-12(8-11)19-16(22)9-15-17(23)21-14-7-2-1-6-13(14)20-15/h1-9,20H,(H,19,22)(H,21,23)/b15-9-. The lowest BCUT2D eigenvalue weighted by Gasteiger charge is -2.20. The quantitative estimate of drug-likeness (QED) is 0.743. The number of anilines is 3. The Kier molecular flexibility index (Phi) is 3.77. The summed E-state index contributed by atoms with van der Waals surface area (Å²) in [5, 5.41) is 17.1. The normalized spacial score (nSPS) is 14.2. The second-order valence-electron chi connectivity index (χ2n) is 4.86. The Bertz CT molecular complexity index is 865. The van der Waals surface area contributed by atoms with Gasteiger partial charge in [0.05, 0.1) is 23.0 Å². The van der Waals surface area contributed by atoms with E-state index < -0.39 is 5.91 Å². The fourth-order valence-electron chi connectivity index (χ4n) is 2.17. The van der Waals surface area contributed by atoms with Gasteiger partial charge in [0.1, 0.15) is 5.70 Å². The van der Waals surface area contributed by atoms with E-state index in [9.17, 15) is 9.59 Å². The van der Waals surface area contributed by atoms with Crippen LogP contribution >= 0.6 is 0 Å². The topological polar surface area (TPSA) is 94.0 Å². The number of nitriles is 1. The van der Waals surface area contributed by atoms with Crippen LogP contribution in [0.25, 0.3) is 0 Å². The molecular formula is C17H12N4O2. The number of benzene rings is 2. The average molecular weight is 304 g/mol. The third-order valence-electron chi connectivity index (χ3n) is 3.22. The van der Waals surface area contributed by atoms with Gasteiger partial charge in [-0.25, -0.2) is 0 Å². The van der Waals surface area contributed by atoms with Crippen molar-refractivity contribution in [1.82, 2.24) is 0 Å². The van der Waals surface area contributed by atoms with Crippen LogP contribution in [0.2, 0.25) is 0 Å². The highest BCUT2D eigenvalue weighted by molar-refractivity contribution is 6.15. The molecule has 0 atom stereocenters. The van der Waals surface area contributed by atoms with Gasteiger partial charge < -0.3 is 16.0 Å². The minimum atomic E-state index is -0.461. The van der Waals surface area contributed by atoms with Gasteiger partial charge in [-0.05, 0) is 30.3 Å². The van der Waals surface area contributed by atoms with Gasteiger partial charge in [0.2, 0.25) is 0 Å². The zero-order chi connectivity index (χ0) is 16.2. The number of nitrogens with zero attached hydrogens (tertiary/aromatic N) is 1. The summed E-state index contributed by atoms with van der Waals surface area (Å²) >= 11 is 0. The third kappa shape index (κ3) is 3.19. The Morgan fingerprint density at radius 2 is 1.83 bits per heavy atom. The molecule has 0 saturated heterocycles. The lowest BCUT2D eigenvalue weighted by molar-refractivity contribution is -0.114. The van der Waals surface area contributed by atoms with Crippen LogP contribution in [0.3, 0.4) is 0 Å². The van der Waals surface area contributed by atoms with Gasteiger partial charge in [-0.1, -0.05) is 18.2 Å². The maximum atomic E-state index is 12.0. The summed E-state index contributed by atoms with van der Waals surface area (Å²) in [6.07, 6.45) is 1.18. The average Bonchev–Trinajstić information content (AvgIpc) is 2.55. The van der Waals surface area contributed by atoms with E-state index in [0.717, 1.165) is 5.69 Å². The molecule has 3 N–H and O–H groups in total. The van der Waals surface area contributed by atoms with Crippen LogP contribution in [0.5, 0.6) is 0 Å². The smallest absolute Gasteiger partial charge is 0.272 e. The van der Waals surface area contributed by atoms with Crippen molar-refractivity contribution >= 4 is 28.9 Å². The molecule has 6 nitrogen and oxygen atoms in total. The molecule has 0 aliphatic carbocycles. The van der Waals surface area contributed by atoms with Gasteiger partial charge in [-0.3, -0.25) is 9.59 Å². The fourth-order valence-corrected chi connectivity index (χ4v) is 2.17. The van der Waals surface area contributed by atoms with Crippen molar-refractivity contribution in [3.05, 3.63) is 65.9 Å². The van der Waals surface area contributed by atoms with E-state index in [0.29, 0.717) is 16.9 Å². The summed E-state index contributed by atoms with van der Waals surface area (Å²) < 4.78 is 0. The summed E-state index contributed by atoms with van der Waals surface area (Å²) in [4.78, 5) is 24.0. The first kappa shape index (κ1) is 14.4. The zero-order valence-corrected chi connectivity index (χ0v) is 12.0. The lowest BCUT2D eigenvalue weighted by Crippen LogP contribution is -2.27. The molecule has 1 heterocycles. The maximum Gasteiger partial charge on any atom is 0.272 e. The predicted octanol–water partition coefficient (Wildman–Crippen LogP) is 2.44. The number of fused-ring (bicyclic) bond motifs is 1. The summed E-state index contributed by atoms with van der Waals surface area (Å²) in [6, 6.07) is 15.7. The number of rotatable bonds is 2. The van der Waals surface area contributed by atoms with Crippen LogP contribution < -0.4 is 16.0 Å². The van der Waals surface area contributed by atoms with Crippen molar-refractivity contribution in [1.29, 1.82) is 5.26 Å². The Morgan fingerprint density at radius 1 is 1.09 bits per heavy atom. The van der Waals surface area contributed by atoms with Crippen LogP contribution in [0.4, 0.5) is 17.1 Å². The number of carbonyl (C=O) groups excluding carboxylic acids is 2. The molecule has 2 amide bonds. The van der Waals surface area contributed by atoms with Crippen LogP contribution in [0.15, 0.2) is 60.3 Å². The monoisotopic (exact) mass is 304 g/mol. The van der Waals surface area contributed by atoms with Gasteiger partial charge in [-0.15, -0.1) is 0 Å². The number of carbonyl (C=O) groups is 2. The molecule has 0 fully saturated rings. The van der Waals surface area contributed by atoms with Gasteiger partial charge in [-0.2, -0.15) is 5.26 Å². The van der Waals surface area contributed by atoms with E-state index in [1.54, 1.807) is 36.4 Å². The first-order chi connectivity index (χ1) is 11.2. The van der Waals surface area contributed by atoms with Crippen LogP contribution in [0, 0.1) is 11.3 Å². The molecule has 6 heteroatoms. The Balaban J connectivity index is 1.77. The Labute approximate surface area is 132 Å². The first-order valence-corrected chi connectivity index (χ1v) is 6.86. The van der Waals surface area contributed by atoms with Crippen molar-refractivity contribution in [3.8, 4) is 6.07 Å². The van der Waals surface area contributed by atoms with Crippen molar-refractivity contribution < 1.29 is 9.59 Å². The van der Waals surface area contributed by atoms with Gasteiger partial charge in [0, 0.05) is 11.8 Å². The van der Waals surface area contributed by atoms with Crippen LogP contribution in [-0.4, -0.2) is 11.8 Å². The second-order valence-corrected chi connectivity index (χ2v) is 4.86. The van der Waals surface area contributed by atoms with E-state index in [1.165, 1.54) is 6.08 Å². The highest BCUT2D eigenvalue weighted by Gasteiger charge is 2.19. The molecule has 3 rings (SSSR count). The Hall–Kier alpha value is -3.59. The molecule has 112 valence electrons. The molecule has 0 radical (unpaired) electrons. The summed E-state index contributed by atoms with van der Waals surface area (Å²) in [6.45, 7) is 0. The highest BCUT2D eigenvalue weighted by atomic mass is 16.2. The van der Waals surface area contributed by atoms with Crippen LogP contribution in [-0.2, 0) is 9.59 Å². The number of hydrogen-bond donors (Lipinski definition) is 3. The number of amides is 2. The number of hydrogen-bond acceptors (Lipinski definition) is 4. The van der Waals surface area contributed by atoms with Gasteiger partial charge >= 0.3 is 0 Å². The first-order valence-electron chi connectivity index (χ1n) is 6.86. The summed E-state index contributed by atoms with van der Waals surface area (Å²) in [5.74, 6) is -0.846. The molecule has 1 aliphatic rings. The number of para-hydroxylation sites is 2. The van der Waals surface area contributed by atoms with E-state index >= 15 is 0 Å². The number of nitrogens with one attached hydrogen (secondary N) is 3. The van der Waals surface area contributed by atoms with Crippen molar-refractivity contribution in [2.24, 2.45) is 0 Å². The van der Waals surface area contributed by atoms with Crippen LogP contribution in [0.1, 0.15) is 5.56 Å². The third-order valence-corrected chi connectivity index (χ3v) is 3.22. The molecule has 0 spiro atoms. The minimum Gasteiger partial charge on any atom is -0.349 e. The van der Waals surface area contributed by atoms with E-state index in [1.807, 2.05) is 18.2 Å². The maximum absolute atomic E-state index is 12.0. The van der Waals surface area contributed by atoms with Gasteiger partial charge in [0.15, 0.2) is 0 Å². The zero-order valence-electron chi connectivity index (χ0n) is 12.0. The molecule has 0 saturated carbocycles. The molecule has 0 bridgehead atoms. The molecule has 1 aliphatic heterocycles. The largest absolute Gasteiger partial charge is 0.349 e. The molecular weight excluding hydrogens is 292 g/mol. The van der Waals surface area contributed by atoms with Crippen molar-refractivity contribution in [3.63, 3.8) is 0 Å². The molecule has 23 heavy (non-hydrogen) atoms. The van der Waals surface area contributed by atoms with Crippen molar-refractivity contribution in [2.45, 2.75) is 0 Å².